The molecule has 1 amide bonds. The van der Waals surface area contributed by atoms with Crippen LogP contribution in [0.3, 0.4) is 0 Å². The Hall–Kier alpha value is -1.51. The summed E-state index contributed by atoms with van der Waals surface area (Å²) in [7, 11) is 0. The summed E-state index contributed by atoms with van der Waals surface area (Å²) in [4.78, 5) is 13.6. The third-order valence-electron chi connectivity index (χ3n) is 2.99. The number of carbonyl (C=O) groups is 1. The Morgan fingerprint density at radius 1 is 1.32 bits per heavy atom. The van der Waals surface area contributed by atoms with E-state index in [1.807, 2.05) is 17.5 Å². The lowest BCUT2D eigenvalue weighted by Crippen LogP contribution is -2.30. The van der Waals surface area contributed by atoms with Gasteiger partial charge in [-0.05, 0) is 29.5 Å². The number of rotatable bonds is 9. The Bertz CT molecular complexity index is 544. The summed E-state index contributed by atoms with van der Waals surface area (Å²) in [5, 5.41) is 17.2. The first-order valence-electron chi connectivity index (χ1n) is 7.08. The van der Waals surface area contributed by atoms with Gasteiger partial charge in [0.15, 0.2) is 0 Å². The Morgan fingerprint density at radius 3 is 2.86 bits per heavy atom. The van der Waals surface area contributed by atoms with Gasteiger partial charge in [-0.3, -0.25) is 4.79 Å². The fourth-order valence-corrected chi connectivity index (χ4v) is 2.52. The highest BCUT2D eigenvalue weighted by atomic mass is 35.5. The number of aromatic nitrogens is 4. The first kappa shape index (κ1) is 18.5. The van der Waals surface area contributed by atoms with Crippen LogP contribution < -0.4 is 11.1 Å². The molecule has 122 valence electrons. The molecular weight excluding hydrogens is 324 g/mol. The average molecular weight is 345 g/mol. The summed E-state index contributed by atoms with van der Waals surface area (Å²) in [6, 6.07) is 3.96. The molecule has 2 heterocycles. The third kappa shape index (κ3) is 6.08. The molecule has 0 fully saturated rings. The number of aryl methyl sites for hydroxylation is 1. The second-order valence-corrected chi connectivity index (χ2v) is 5.60. The normalized spacial score (nSPS) is 10.2. The number of nitrogens with two attached hydrogens (primary N) is 1. The Kier molecular flexibility index (Phi) is 8.64. The van der Waals surface area contributed by atoms with Crippen molar-refractivity contribution < 1.29 is 4.79 Å². The molecule has 0 unspecified atom stereocenters. The zero-order valence-electron chi connectivity index (χ0n) is 12.3. The van der Waals surface area contributed by atoms with Gasteiger partial charge in [0, 0.05) is 6.54 Å². The zero-order chi connectivity index (χ0) is 14.9. The van der Waals surface area contributed by atoms with Gasteiger partial charge < -0.3 is 11.1 Å². The van der Waals surface area contributed by atoms with Gasteiger partial charge in [0.25, 0.3) is 0 Å². The molecule has 0 aliphatic carbocycles. The summed E-state index contributed by atoms with van der Waals surface area (Å²) in [5.41, 5.74) is 5.20. The second-order valence-electron chi connectivity index (χ2n) is 4.65. The van der Waals surface area contributed by atoms with Gasteiger partial charge in [-0.15, -0.1) is 33.9 Å². The van der Waals surface area contributed by atoms with Crippen molar-refractivity contribution in [2.24, 2.45) is 5.73 Å². The molecule has 0 saturated heterocycles. The number of nitrogens with one attached hydrogen (secondary N) is 1. The third-order valence-corrected chi connectivity index (χ3v) is 3.85. The number of amides is 1. The molecule has 0 saturated carbocycles. The largest absolute Gasteiger partial charge is 0.355 e. The summed E-state index contributed by atoms with van der Waals surface area (Å²) >= 11 is 1.61. The number of nitrogens with zero attached hydrogens (tertiary/aromatic N) is 4. The summed E-state index contributed by atoms with van der Waals surface area (Å²) in [5.74, 6) is 0.595. The number of hydrogen-bond acceptors (Lipinski definition) is 6. The number of hydrogen-bond donors (Lipinski definition) is 2. The summed E-state index contributed by atoms with van der Waals surface area (Å²) in [6.45, 7) is 1.53. The van der Waals surface area contributed by atoms with E-state index in [2.05, 4.69) is 20.7 Å². The lowest BCUT2D eigenvalue weighted by Gasteiger charge is -2.03. The molecule has 0 aromatic carbocycles. The smallest absolute Gasteiger partial charge is 0.233 e. The predicted molar refractivity (Wildman–Crippen MR) is 88.9 cm³/mol. The molecule has 7 nitrogen and oxygen atoms in total. The number of halogens is 1. The van der Waals surface area contributed by atoms with Crippen LogP contribution in [0.15, 0.2) is 17.5 Å². The van der Waals surface area contributed by atoms with Gasteiger partial charge in [0.1, 0.15) is 0 Å². The zero-order valence-corrected chi connectivity index (χ0v) is 13.9. The summed E-state index contributed by atoms with van der Waals surface area (Å²) < 4.78 is 0. The van der Waals surface area contributed by atoms with Crippen LogP contribution in [0.4, 0.5) is 0 Å². The maximum Gasteiger partial charge on any atom is 0.233 e. The minimum Gasteiger partial charge on any atom is -0.355 e. The Morgan fingerprint density at radius 2 is 2.14 bits per heavy atom. The van der Waals surface area contributed by atoms with Crippen molar-refractivity contribution in [1.82, 2.24) is 25.5 Å². The number of carbonyl (C=O) groups excluding carboxylic acids is 1. The summed E-state index contributed by atoms with van der Waals surface area (Å²) in [6.07, 6.45) is 4.12. The van der Waals surface area contributed by atoms with Crippen LogP contribution in [0.25, 0.3) is 10.7 Å². The highest BCUT2D eigenvalue weighted by Crippen LogP contribution is 2.19. The first-order valence-corrected chi connectivity index (χ1v) is 7.96. The molecular formula is C13H21ClN6OS. The van der Waals surface area contributed by atoms with Crippen LogP contribution in [-0.2, 0) is 11.3 Å². The van der Waals surface area contributed by atoms with Crippen LogP contribution in [0, 0.1) is 0 Å². The molecule has 22 heavy (non-hydrogen) atoms. The molecule has 2 rings (SSSR count). The fraction of sp³-hybridized carbons (Fsp3) is 0.538. The van der Waals surface area contributed by atoms with Crippen molar-refractivity contribution in [1.29, 1.82) is 0 Å². The second kappa shape index (κ2) is 10.3. The molecule has 9 heteroatoms. The van der Waals surface area contributed by atoms with Crippen LogP contribution >= 0.6 is 23.7 Å². The van der Waals surface area contributed by atoms with Crippen LogP contribution in [0.1, 0.15) is 25.7 Å². The van der Waals surface area contributed by atoms with E-state index in [0.29, 0.717) is 12.4 Å². The van der Waals surface area contributed by atoms with Gasteiger partial charge in [-0.1, -0.05) is 18.9 Å². The van der Waals surface area contributed by atoms with Gasteiger partial charge >= 0.3 is 0 Å². The van der Waals surface area contributed by atoms with E-state index >= 15 is 0 Å². The topological polar surface area (TPSA) is 98.7 Å². The van der Waals surface area contributed by atoms with Crippen LogP contribution in [0.5, 0.6) is 0 Å². The van der Waals surface area contributed by atoms with E-state index in [1.165, 1.54) is 0 Å². The maximum atomic E-state index is 10.9. The van der Waals surface area contributed by atoms with Gasteiger partial charge in [-0.2, -0.15) is 4.80 Å². The molecule has 0 bridgehead atoms. The van der Waals surface area contributed by atoms with E-state index in [1.54, 1.807) is 16.1 Å². The lowest BCUT2D eigenvalue weighted by atomic mass is 10.2. The lowest BCUT2D eigenvalue weighted by molar-refractivity contribution is -0.119. The number of thiophene rings is 1. The molecule has 0 spiro atoms. The monoisotopic (exact) mass is 344 g/mol. The minimum atomic E-state index is -0.0945. The quantitative estimate of drug-likeness (QED) is 0.671. The fourth-order valence-electron chi connectivity index (χ4n) is 1.87. The Balaban J connectivity index is 0.00000242. The molecule has 2 aromatic heterocycles. The Labute approximate surface area is 139 Å². The molecule has 0 aliphatic heterocycles. The molecule has 0 radical (unpaired) electrons. The standard InChI is InChI=1S/C13H20N6OS.ClH/c14-10-12(20)15-7-3-1-2-4-8-19-17-13(16-18-19)11-6-5-9-21-11;/h5-6,9H,1-4,7-8,10,14H2,(H,15,20);1H. The van der Waals surface area contributed by atoms with Crippen LogP contribution in [0.2, 0.25) is 0 Å². The van der Waals surface area contributed by atoms with E-state index < -0.39 is 0 Å². The SMILES string of the molecule is Cl.NCC(=O)NCCCCCCn1nnc(-c2cccs2)n1. The van der Waals surface area contributed by atoms with Crippen molar-refractivity contribution in [3.8, 4) is 10.7 Å². The van der Waals surface area contributed by atoms with Crippen molar-refractivity contribution in [2.75, 3.05) is 13.1 Å². The van der Waals surface area contributed by atoms with E-state index in [0.717, 1.165) is 37.1 Å². The van der Waals surface area contributed by atoms with E-state index in [9.17, 15) is 4.79 Å². The average Bonchev–Trinajstić information content (AvgIpc) is 3.16. The van der Waals surface area contributed by atoms with E-state index in [-0.39, 0.29) is 24.9 Å². The maximum absolute atomic E-state index is 10.9. The minimum absolute atomic E-state index is 0. The number of tetrazole rings is 1. The highest BCUT2D eigenvalue weighted by Gasteiger charge is 2.06. The molecule has 3 N–H and O–H groups in total. The van der Waals surface area contributed by atoms with Crippen molar-refractivity contribution in [2.45, 2.75) is 32.2 Å². The molecule has 0 atom stereocenters. The molecule has 2 aromatic rings. The van der Waals surface area contributed by atoms with Gasteiger partial charge in [0.2, 0.25) is 11.7 Å². The van der Waals surface area contributed by atoms with Gasteiger partial charge in [0.05, 0.1) is 18.0 Å². The first-order chi connectivity index (χ1) is 10.3. The molecule has 0 aliphatic rings. The van der Waals surface area contributed by atoms with E-state index in [4.69, 9.17) is 5.73 Å². The van der Waals surface area contributed by atoms with Crippen LogP contribution in [-0.4, -0.2) is 39.2 Å². The number of unbranched alkanes of at least 4 members (excludes halogenated alkanes) is 3. The van der Waals surface area contributed by atoms with Gasteiger partial charge in [-0.25, -0.2) is 0 Å². The van der Waals surface area contributed by atoms with Crippen molar-refractivity contribution in [3.05, 3.63) is 17.5 Å². The van der Waals surface area contributed by atoms with Crippen molar-refractivity contribution >= 4 is 29.7 Å². The highest BCUT2D eigenvalue weighted by molar-refractivity contribution is 7.13. The predicted octanol–water partition coefficient (Wildman–Crippen LogP) is 1.46. The van der Waals surface area contributed by atoms with Crippen molar-refractivity contribution in [3.63, 3.8) is 0 Å².